The lowest BCUT2D eigenvalue weighted by Gasteiger charge is -2.14. The number of carbonyl (C=O) groups is 1. The molecule has 0 saturated carbocycles. The third-order valence-corrected chi connectivity index (χ3v) is 2.78. The third kappa shape index (κ3) is 3.47. The zero-order chi connectivity index (χ0) is 15.5. The number of benzene rings is 1. The molecule has 0 atom stereocenters. The summed E-state index contributed by atoms with van der Waals surface area (Å²) in [6.45, 7) is 0. The SMILES string of the molecule is O=C(O)C=Cc1c(-c2cccnc2)cccc1C(F)(F)F. The number of alkyl halides is 3. The maximum absolute atomic E-state index is 13.1. The van der Waals surface area contributed by atoms with Gasteiger partial charge in [-0.25, -0.2) is 4.79 Å². The number of pyridine rings is 1. The minimum atomic E-state index is -4.57. The Hall–Kier alpha value is -2.63. The van der Waals surface area contributed by atoms with Crippen LogP contribution in [-0.4, -0.2) is 16.1 Å². The van der Waals surface area contributed by atoms with Gasteiger partial charge < -0.3 is 5.11 Å². The summed E-state index contributed by atoms with van der Waals surface area (Å²) >= 11 is 0. The fourth-order valence-electron chi connectivity index (χ4n) is 1.92. The molecular weight excluding hydrogens is 283 g/mol. The summed E-state index contributed by atoms with van der Waals surface area (Å²) in [5.74, 6) is -1.32. The zero-order valence-corrected chi connectivity index (χ0v) is 10.6. The lowest BCUT2D eigenvalue weighted by atomic mass is 9.95. The second-order valence-corrected chi connectivity index (χ2v) is 4.18. The van der Waals surface area contributed by atoms with Crippen LogP contribution < -0.4 is 0 Å². The summed E-state index contributed by atoms with van der Waals surface area (Å²) in [4.78, 5) is 14.5. The van der Waals surface area contributed by atoms with Crippen molar-refractivity contribution in [3.8, 4) is 11.1 Å². The molecule has 0 fully saturated rings. The van der Waals surface area contributed by atoms with Gasteiger partial charge in [0.2, 0.25) is 0 Å². The van der Waals surface area contributed by atoms with E-state index in [1.54, 1.807) is 12.1 Å². The van der Waals surface area contributed by atoms with Crippen molar-refractivity contribution in [1.82, 2.24) is 4.98 Å². The first-order valence-corrected chi connectivity index (χ1v) is 5.91. The Kier molecular flexibility index (Phi) is 4.07. The Balaban J connectivity index is 2.68. The smallest absolute Gasteiger partial charge is 0.417 e. The summed E-state index contributed by atoms with van der Waals surface area (Å²) in [6, 6.07) is 6.90. The molecule has 0 aliphatic rings. The van der Waals surface area contributed by atoms with Crippen molar-refractivity contribution in [3.05, 3.63) is 59.9 Å². The van der Waals surface area contributed by atoms with E-state index in [9.17, 15) is 18.0 Å². The predicted molar refractivity (Wildman–Crippen MR) is 71.3 cm³/mol. The second-order valence-electron chi connectivity index (χ2n) is 4.18. The van der Waals surface area contributed by atoms with Gasteiger partial charge in [0.15, 0.2) is 0 Å². The second kappa shape index (κ2) is 5.78. The molecule has 0 aliphatic carbocycles. The van der Waals surface area contributed by atoms with Crippen molar-refractivity contribution in [3.63, 3.8) is 0 Å². The maximum Gasteiger partial charge on any atom is 0.417 e. The fraction of sp³-hybridized carbons (Fsp3) is 0.0667. The first-order chi connectivity index (χ1) is 9.89. The molecule has 0 radical (unpaired) electrons. The average Bonchev–Trinajstić information content (AvgIpc) is 2.44. The molecule has 108 valence electrons. The van der Waals surface area contributed by atoms with E-state index in [0.29, 0.717) is 11.6 Å². The van der Waals surface area contributed by atoms with Crippen molar-refractivity contribution >= 4 is 12.0 Å². The number of carboxylic acid groups (broad SMARTS) is 1. The van der Waals surface area contributed by atoms with Gasteiger partial charge in [0.1, 0.15) is 0 Å². The fourth-order valence-corrected chi connectivity index (χ4v) is 1.92. The van der Waals surface area contributed by atoms with E-state index in [1.165, 1.54) is 24.5 Å². The number of aliphatic carboxylic acids is 1. The lowest BCUT2D eigenvalue weighted by molar-refractivity contribution is -0.137. The van der Waals surface area contributed by atoms with Crippen LogP contribution in [0.4, 0.5) is 13.2 Å². The molecule has 0 bridgehead atoms. The molecule has 0 saturated heterocycles. The standard InChI is InChI=1S/C15H10F3NO2/c16-15(17,18)13-5-1-4-11(10-3-2-8-19-9-10)12(13)6-7-14(20)21/h1-9H,(H,20,21). The van der Waals surface area contributed by atoms with Gasteiger partial charge in [-0.05, 0) is 29.3 Å². The molecule has 0 spiro atoms. The Bertz CT molecular complexity index is 679. The Labute approximate surface area is 118 Å². The summed E-state index contributed by atoms with van der Waals surface area (Å²) in [5.41, 5.74) is -0.328. The number of carboxylic acids is 1. The van der Waals surface area contributed by atoms with E-state index in [4.69, 9.17) is 5.11 Å². The highest BCUT2D eigenvalue weighted by Crippen LogP contribution is 2.37. The molecule has 1 heterocycles. The van der Waals surface area contributed by atoms with Crippen LogP contribution >= 0.6 is 0 Å². The average molecular weight is 293 g/mol. The Morgan fingerprint density at radius 3 is 2.52 bits per heavy atom. The van der Waals surface area contributed by atoms with Crippen LogP contribution in [0.15, 0.2) is 48.8 Å². The van der Waals surface area contributed by atoms with Gasteiger partial charge in [-0.1, -0.05) is 18.2 Å². The van der Waals surface area contributed by atoms with E-state index in [0.717, 1.165) is 12.1 Å². The molecule has 1 N–H and O–H groups in total. The molecule has 21 heavy (non-hydrogen) atoms. The Morgan fingerprint density at radius 1 is 1.19 bits per heavy atom. The Morgan fingerprint density at radius 2 is 1.95 bits per heavy atom. The van der Waals surface area contributed by atoms with Crippen molar-refractivity contribution < 1.29 is 23.1 Å². The van der Waals surface area contributed by atoms with Crippen molar-refractivity contribution in [2.75, 3.05) is 0 Å². The van der Waals surface area contributed by atoms with Crippen LogP contribution in [0.1, 0.15) is 11.1 Å². The van der Waals surface area contributed by atoms with Crippen LogP contribution in [0.2, 0.25) is 0 Å². The van der Waals surface area contributed by atoms with E-state index in [1.807, 2.05) is 0 Å². The third-order valence-electron chi connectivity index (χ3n) is 2.78. The van der Waals surface area contributed by atoms with Crippen LogP contribution in [0, 0.1) is 0 Å². The number of nitrogens with zero attached hydrogens (tertiary/aromatic N) is 1. The molecular formula is C15H10F3NO2. The minimum Gasteiger partial charge on any atom is -0.478 e. The van der Waals surface area contributed by atoms with E-state index >= 15 is 0 Å². The quantitative estimate of drug-likeness (QED) is 0.874. The lowest BCUT2D eigenvalue weighted by Crippen LogP contribution is -2.08. The molecule has 1 aromatic carbocycles. The topological polar surface area (TPSA) is 50.2 Å². The normalized spacial score (nSPS) is 11.8. The molecule has 0 amide bonds. The minimum absolute atomic E-state index is 0.194. The number of hydrogen-bond acceptors (Lipinski definition) is 2. The van der Waals surface area contributed by atoms with Gasteiger partial charge in [0, 0.05) is 24.0 Å². The predicted octanol–water partition coefficient (Wildman–Crippen LogP) is 3.87. The van der Waals surface area contributed by atoms with Crippen LogP contribution in [0.5, 0.6) is 0 Å². The van der Waals surface area contributed by atoms with Gasteiger partial charge in [-0.3, -0.25) is 4.98 Å². The highest BCUT2D eigenvalue weighted by atomic mass is 19.4. The molecule has 0 unspecified atom stereocenters. The van der Waals surface area contributed by atoms with E-state index < -0.39 is 17.7 Å². The van der Waals surface area contributed by atoms with Crippen LogP contribution in [-0.2, 0) is 11.0 Å². The van der Waals surface area contributed by atoms with E-state index in [-0.39, 0.29) is 11.1 Å². The monoisotopic (exact) mass is 293 g/mol. The van der Waals surface area contributed by atoms with Gasteiger partial charge in [-0.15, -0.1) is 0 Å². The summed E-state index contributed by atoms with van der Waals surface area (Å²) < 4.78 is 39.2. The van der Waals surface area contributed by atoms with Crippen LogP contribution in [0.3, 0.4) is 0 Å². The largest absolute Gasteiger partial charge is 0.478 e. The molecule has 6 heteroatoms. The number of hydrogen-bond donors (Lipinski definition) is 1. The zero-order valence-electron chi connectivity index (χ0n) is 10.6. The van der Waals surface area contributed by atoms with Gasteiger partial charge >= 0.3 is 12.1 Å². The maximum atomic E-state index is 13.1. The summed E-state index contributed by atoms with van der Waals surface area (Å²) in [7, 11) is 0. The van der Waals surface area contributed by atoms with E-state index in [2.05, 4.69) is 4.98 Å². The van der Waals surface area contributed by atoms with Gasteiger partial charge in [0.05, 0.1) is 5.56 Å². The molecule has 3 nitrogen and oxygen atoms in total. The molecule has 2 aromatic rings. The summed E-state index contributed by atoms with van der Waals surface area (Å²) in [6.07, 6.45) is -0.00814. The molecule has 0 aliphatic heterocycles. The van der Waals surface area contributed by atoms with Crippen molar-refractivity contribution in [2.45, 2.75) is 6.18 Å². The molecule has 2 rings (SSSR count). The van der Waals surface area contributed by atoms with Gasteiger partial charge in [0.25, 0.3) is 0 Å². The van der Waals surface area contributed by atoms with Crippen molar-refractivity contribution in [1.29, 1.82) is 0 Å². The highest BCUT2D eigenvalue weighted by molar-refractivity contribution is 5.88. The molecule has 1 aromatic heterocycles. The number of halogens is 3. The van der Waals surface area contributed by atoms with Gasteiger partial charge in [-0.2, -0.15) is 13.2 Å². The van der Waals surface area contributed by atoms with Crippen molar-refractivity contribution in [2.24, 2.45) is 0 Å². The van der Waals surface area contributed by atoms with Crippen LogP contribution in [0.25, 0.3) is 17.2 Å². The summed E-state index contributed by atoms with van der Waals surface area (Å²) in [5, 5.41) is 8.65. The number of rotatable bonds is 3. The number of aromatic nitrogens is 1. The first-order valence-electron chi connectivity index (χ1n) is 5.91. The highest BCUT2D eigenvalue weighted by Gasteiger charge is 2.33. The first kappa shape index (κ1) is 14.8.